The average Bonchev–Trinajstić information content (AvgIpc) is 2.27. The summed E-state index contributed by atoms with van der Waals surface area (Å²) in [5.74, 6) is -0.104. The van der Waals surface area contributed by atoms with Gasteiger partial charge >= 0.3 is 5.97 Å². The van der Waals surface area contributed by atoms with Crippen molar-refractivity contribution in [2.45, 2.75) is 69.8 Å². The van der Waals surface area contributed by atoms with Crippen LogP contribution in [-0.2, 0) is 9.53 Å². The minimum absolute atomic E-state index is 0.104. The zero-order chi connectivity index (χ0) is 13.6. The molecule has 0 heterocycles. The zero-order valence-corrected chi connectivity index (χ0v) is 12.9. The van der Waals surface area contributed by atoms with Crippen LogP contribution in [0.15, 0.2) is 0 Å². The van der Waals surface area contributed by atoms with Crippen LogP contribution in [0.3, 0.4) is 0 Å². The fraction of sp³-hybridized carbons (Fsp3) is 0.929. The van der Waals surface area contributed by atoms with Gasteiger partial charge in [0.1, 0.15) is 5.60 Å². The van der Waals surface area contributed by atoms with Crippen LogP contribution in [0, 0.1) is 0 Å². The second kappa shape index (κ2) is 7.39. The van der Waals surface area contributed by atoms with Gasteiger partial charge in [0.15, 0.2) is 0 Å². The van der Waals surface area contributed by atoms with Gasteiger partial charge in [0, 0.05) is 17.8 Å². The van der Waals surface area contributed by atoms with Crippen molar-refractivity contribution < 1.29 is 9.53 Å². The Morgan fingerprint density at radius 2 is 1.89 bits per heavy atom. The van der Waals surface area contributed by atoms with E-state index >= 15 is 0 Å². The van der Waals surface area contributed by atoms with Crippen LogP contribution >= 0.6 is 11.8 Å². The Labute approximate surface area is 115 Å². The molecule has 0 aromatic carbocycles. The Hall–Kier alpha value is -0.220. The van der Waals surface area contributed by atoms with Gasteiger partial charge in [-0.05, 0) is 52.7 Å². The van der Waals surface area contributed by atoms with Crippen LogP contribution in [-0.4, -0.2) is 35.7 Å². The predicted molar refractivity (Wildman–Crippen MR) is 78.0 cm³/mol. The second-order valence-electron chi connectivity index (χ2n) is 6.00. The van der Waals surface area contributed by atoms with E-state index < -0.39 is 0 Å². The van der Waals surface area contributed by atoms with Crippen molar-refractivity contribution in [2.24, 2.45) is 0 Å². The monoisotopic (exact) mass is 273 g/mol. The summed E-state index contributed by atoms with van der Waals surface area (Å²) in [4.78, 5) is 11.5. The van der Waals surface area contributed by atoms with Crippen molar-refractivity contribution >= 4 is 17.7 Å². The first-order chi connectivity index (χ1) is 8.40. The number of nitrogens with one attached hydrogen (secondary N) is 1. The summed E-state index contributed by atoms with van der Waals surface area (Å²) < 4.78 is 5.28. The third-order valence-corrected chi connectivity index (χ3v) is 4.33. The van der Waals surface area contributed by atoms with Gasteiger partial charge in [-0.3, -0.25) is 4.79 Å². The van der Waals surface area contributed by atoms with Crippen molar-refractivity contribution in [1.29, 1.82) is 0 Å². The van der Waals surface area contributed by atoms with E-state index in [2.05, 4.69) is 11.6 Å². The Balaban J connectivity index is 2.10. The molecule has 0 aromatic rings. The van der Waals surface area contributed by atoms with Gasteiger partial charge in [0.05, 0.1) is 6.42 Å². The van der Waals surface area contributed by atoms with E-state index in [9.17, 15) is 4.79 Å². The molecule has 0 bridgehead atoms. The van der Waals surface area contributed by atoms with Gasteiger partial charge in [0.25, 0.3) is 0 Å². The molecule has 0 atom stereocenters. The number of carbonyl (C=O) groups is 1. The summed E-state index contributed by atoms with van der Waals surface area (Å²) >= 11 is 1.98. The number of hydrogen-bond donors (Lipinski definition) is 1. The molecule has 0 saturated heterocycles. The fourth-order valence-electron chi connectivity index (χ4n) is 2.27. The first-order valence-corrected chi connectivity index (χ1v) is 8.17. The van der Waals surface area contributed by atoms with E-state index in [0.29, 0.717) is 12.5 Å². The number of esters is 1. The van der Waals surface area contributed by atoms with Crippen molar-refractivity contribution in [3.63, 3.8) is 0 Å². The second-order valence-corrected chi connectivity index (χ2v) is 7.14. The Morgan fingerprint density at radius 3 is 2.39 bits per heavy atom. The van der Waals surface area contributed by atoms with E-state index in [1.807, 2.05) is 32.5 Å². The van der Waals surface area contributed by atoms with Crippen LogP contribution in [0.5, 0.6) is 0 Å². The number of ether oxygens (including phenoxy) is 1. The van der Waals surface area contributed by atoms with Gasteiger partial charge in [0.2, 0.25) is 0 Å². The molecular formula is C14H27NO2S. The smallest absolute Gasteiger partial charge is 0.307 e. The first-order valence-electron chi connectivity index (χ1n) is 6.89. The minimum atomic E-state index is -0.368. The lowest BCUT2D eigenvalue weighted by atomic mass is 9.95. The van der Waals surface area contributed by atoms with Crippen molar-refractivity contribution in [2.75, 3.05) is 12.8 Å². The Morgan fingerprint density at radius 1 is 1.28 bits per heavy atom. The van der Waals surface area contributed by atoms with Crippen LogP contribution in [0.1, 0.15) is 52.9 Å². The SMILES string of the molecule is CSC1CCC(NCCC(=O)OC(C)(C)C)CC1. The molecular weight excluding hydrogens is 246 g/mol. The molecule has 0 spiro atoms. The highest BCUT2D eigenvalue weighted by molar-refractivity contribution is 7.99. The summed E-state index contributed by atoms with van der Waals surface area (Å²) in [5, 5.41) is 4.31. The molecule has 1 N–H and O–H groups in total. The molecule has 0 aromatic heterocycles. The van der Waals surface area contributed by atoms with E-state index in [0.717, 1.165) is 11.8 Å². The largest absolute Gasteiger partial charge is 0.460 e. The molecule has 1 fully saturated rings. The van der Waals surface area contributed by atoms with E-state index in [4.69, 9.17) is 4.74 Å². The highest BCUT2D eigenvalue weighted by atomic mass is 32.2. The third kappa shape index (κ3) is 6.64. The molecule has 1 rings (SSSR count). The maximum absolute atomic E-state index is 11.5. The maximum Gasteiger partial charge on any atom is 0.307 e. The molecule has 0 radical (unpaired) electrons. The molecule has 106 valence electrons. The Bertz CT molecular complexity index is 255. The van der Waals surface area contributed by atoms with Gasteiger partial charge in [-0.2, -0.15) is 11.8 Å². The lowest BCUT2D eigenvalue weighted by Gasteiger charge is -2.28. The van der Waals surface area contributed by atoms with E-state index in [1.54, 1.807) is 0 Å². The Kier molecular flexibility index (Phi) is 6.50. The topological polar surface area (TPSA) is 38.3 Å². The number of thioether (sulfide) groups is 1. The van der Waals surface area contributed by atoms with Gasteiger partial charge in [-0.1, -0.05) is 0 Å². The van der Waals surface area contributed by atoms with Crippen LogP contribution in [0.25, 0.3) is 0 Å². The van der Waals surface area contributed by atoms with Crippen LogP contribution in [0.4, 0.5) is 0 Å². The lowest BCUT2D eigenvalue weighted by molar-refractivity contribution is -0.154. The maximum atomic E-state index is 11.5. The summed E-state index contributed by atoms with van der Waals surface area (Å²) in [6.07, 6.45) is 7.73. The minimum Gasteiger partial charge on any atom is -0.460 e. The summed E-state index contributed by atoms with van der Waals surface area (Å²) in [5.41, 5.74) is -0.368. The lowest BCUT2D eigenvalue weighted by Crippen LogP contribution is -2.35. The highest BCUT2D eigenvalue weighted by Gasteiger charge is 2.20. The molecule has 4 heteroatoms. The molecule has 1 saturated carbocycles. The summed E-state index contributed by atoms with van der Waals surface area (Å²) in [6.45, 7) is 6.45. The molecule has 0 amide bonds. The predicted octanol–water partition coefficient (Wildman–Crippen LogP) is 2.98. The standard InChI is InChI=1S/C14H27NO2S/c1-14(2,3)17-13(16)9-10-15-11-5-7-12(18-4)8-6-11/h11-12,15H,5-10H2,1-4H3. The first kappa shape index (κ1) is 15.8. The quantitative estimate of drug-likeness (QED) is 0.782. The zero-order valence-electron chi connectivity index (χ0n) is 12.1. The van der Waals surface area contributed by atoms with Gasteiger partial charge in [-0.25, -0.2) is 0 Å². The van der Waals surface area contributed by atoms with Crippen LogP contribution in [0.2, 0.25) is 0 Å². The molecule has 18 heavy (non-hydrogen) atoms. The van der Waals surface area contributed by atoms with Crippen LogP contribution < -0.4 is 5.32 Å². The van der Waals surface area contributed by atoms with Crippen molar-refractivity contribution in [3.8, 4) is 0 Å². The fourth-order valence-corrected chi connectivity index (χ4v) is 3.02. The molecule has 1 aliphatic carbocycles. The van der Waals surface area contributed by atoms with Crippen molar-refractivity contribution in [3.05, 3.63) is 0 Å². The van der Waals surface area contributed by atoms with Gasteiger partial charge in [-0.15, -0.1) is 0 Å². The van der Waals surface area contributed by atoms with Crippen molar-refractivity contribution in [1.82, 2.24) is 5.32 Å². The summed E-state index contributed by atoms with van der Waals surface area (Å²) in [7, 11) is 0. The van der Waals surface area contributed by atoms with E-state index in [-0.39, 0.29) is 11.6 Å². The number of hydrogen-bond acceptors (Lipinski definition) is 4. The molecule has 1 aliphatic rings. The number of carbonyl (C=O) groups excluding carboxylic acids is 1. The van der Waals surface area contributed by atoms with Gasteiger partial charge < -0.3 is 10.1 Å². The average molecular weight is 273 g/mol. The highest BCUT2D eigenvalue weighted by Crippen LogP contribution is 2.26. The molecule has 3 nitrogen and oxygen atoms in total. The normalized spacial score (nSPS) is 24.9. The summed E-state index contributed by atoms with van der Waals surface area (Å²) in [6, 6.07) is 0.593. The third-order valence-electron chi connectivity index (χ3n) is 3.19. The van der Waals surface area contributed by atoms with E-state index in [1.165, 1.54) is 25.7 Å². The molecule has 0 aliphatic heterocycles. The molecule has 0 unspecified atom stereocenters. The number of rotatable bonds is 5.